The van der Waals surface area contributed by atoms with Crippen LogP contribution in [-0.4, -0.2) is 39.2 Å². The van der Waals surface area contributed by atoms with Gasteiger partial charge < -0.3 is 4.90 Å². The fourth-order valence-corrected chi connectivity index (χ4v) is 3.90. The van der Waals surface area contributed by atoms with Gasteiger partial charge in [0.05, 0.1) is 16.7 Å². The fourth-order valence-electron chi connectivity index (χ4n) is 2.87. The second-order valence-corrected chi connectivity index (χ2v) is 7.00. The lowest BCUT2D eigenvalue weighted by molar-refractivity contribution is -0.127. The van der Waals surface area contributed by atoms with Crippen LogP contribution in [0.25, 0.3) is 10.9 Å². The Morgan fingerprint density at radius 1 is 1.26 bits per heavy atom. The predicted molar refractivity (Wildman–Crippen MR) is 92.9 cm³/mol. The summed E-state index contributed by atoms with van der Waals surface area (Å²) in [5, 5.41) is 1.24. The highest BCUT2D eigenvalue weighted by Crippen LogP contribution is 2.22. The lowest BCUT2D eigenvalue weighted by Crippen LogP contribution is -2.30. The van der Waals surface area contributed by atoms with Gasteiger partial charge in [-0.05, 0) is 38.8 Å². The van der Waals surface area contributed by atoms with Gasteiger partial charge in [-0.15, -0.1) is 0 Å². The monoisotopic (exact) mass is 331 g/mol. The number of amides is 1. The average Bonchev–Trinajstić information content (AvgIpc) is 3.07. The van der Waals surface area contributed by atoms with Crippen LogP contribution in [0, 0.1) is 0 Å². The number of carbonyl (C=O) groups is 1. The quantitative estimate of drug-likeness (QED) is 0.638. The van der Waals surface area contributed by atoms with Crippen LogP contribution in [0.3, 0.4) is 0 Å². The van der Waals surface area contributed by atoms with Crippen LogP contribution in [0.4, 0.5) is 0 Å². The summed E-state index contributed by atoms with van der Waals surface area (Å²) in [6.45, 7) is 5.62. The number of likely N-dealkylation sites (tertiary alicyclic amines) is 1. The van der Waals surface area contributed by atoms with Gasteiger partial charge >= 0.3 is 0 Å². The van der Waals surface area contributed by atoms with Crippen LogP contribution >= 0.6 is 11.8 Å². The van der Waals surface area contributed by atoms with Gasteiger partial charge in [0.2, 0.25) is 5.91 Å². The van der Waals surface area contributed by atoms with E-state index in [0.717, 1.165) is 25.9 Å². The summed E-state index contributed by atoms with van der Waals surface area (Å²) in [5.74, 6) is 0.461. The first-order valence-electron chi connectivity index (χ1n) is 8.00. The smallest absolute Gasteiger partial charge is 0.262 e. The van der Waals surface area contributed by atoms with E-state index >= 15 is 0 Å². The van der Waals surface area contributed by atoms with E-state index in [-0.39, 0.29) is 17.5 Å². The van der Waals surface area contributed by atoms with Crippen LogP contribution in [-0.2, 0) is 4.79 Å². The molecule has 0 radical (unpaired) electrons. The van der Waals surface area contributed by atoms with Crippen molar-refractivity contribution in [2.24, 2.45) is 0 Å². The van der Waals surface area contributed by atoms with Gasteiger partial charge in [-0.2, -0.15) is 0 Å². The maximum absolute atomic E-state index is 12.7. The first-order valence-corrected chi connectivity index (χ1v) is 8.98. The van der Waals surface area contributed by atoms with Crippen molar-refractivity contribution in [3.05, 3.63) is 34.6 Å². The zero-order chi connectivity index (χ0) is 16.4. The molecule has 0 aliphatic carbocycles. The number of thioether (sulfide) groups is 1. The molecule has 6 heteroatoms. The summed E-state index contributed by atoms with van der Waals surface area (Å²) in [7, 11) is 0. The van der Waals surface area contributed by atoms with Crippen LogP contribution in [0.1, 0.15) is 32.7 Å². The molecule has 3 rings (SSSR count). The Morgan fingerprint density at radius 3 is 2.65 bits per heavy atom. The first kappa shape index (κ1) is 16.1. The van der Waals surface area contributed by atoms with Crippen molar-refractivity contribution < 1.29 is 4.79 Å². The summed E-state index contributed by atoms with van der Waals surface area (Å²) >= 11 is 1.36. The Labute approximate surface area is 139 Å². The van der Waals surface area contributed by atoms with Crippen LogP contribution in [0.2, 0.25) is 0 Å². The summed E-state index contributed by atoms with van der Waals surface area (Å²) in [5.41, 5.74) is 0.646. The first-order chi connectivity index (χ1) is 11.1. The van der Waals surface area contributed by atoms with Crippen molar-refractivity contribution in [3.63, 3.8) is 0 Å². The number of hydrogen-bond acceptors (Lipinski definition) is 4. The van der Waals surface area contributed by atoms with Gasteiger partial charge in [-0.1, -0.05) is 23.9 Å². The summed E-state index contributed by atoms with van der Waals surface area (Å²) in [6, 6.07) is 7.36. The van der Waals surface area contributed by atoms with Crippen molar-refractivity contribution in [1.82, 2.24) is 14.5 Å². The Hall–Kier alpha value is -1.82. The van der Waals surface area contributed by atoms with Gasteiger partial charge in [0.25, 0.3) is 5.56 Å². The SMILES string of the molecule is CC(C)n1c(SCC(=O)N2CCCC2)nc2ccccc2c1=O. The molecule has 0 unspecified atom stereocenters. The lowest BCUT2D eigenvalue weighted by atomic mass is 10.2. The topological polar surface area (TPSA) is 55.2 Å². The highest BCUT2D eigenvalue weighted by atomic mass is 32.2. The van der Waals surface area contributed by atoms with E-state index in [2.05, 4.69) is 4.98 Å². The zero-order valence-corrected chi connectivity index (χ0v) is 14.3. The Morgan fingerprint density at radius 2 is 1.96 bits per heavy atom. The number of aromatic nitrogens is 2. The molecule has 5 nitrogen and oxygen atoms in total. The standard InChI is InChI=1S/C17H21N3O2S/c1-12(2)20-16(22)13-7-3-4-8-14(13)18-17(20)23-11-15(21)19-9-5-6-10-19/h3-4,7-8,12H,5-6,9-11H2,1-2H3. The number of fused-ring (bicyclic) bond motifs is 1. The molecule has 1 aromatic carbocycles. The number of para-hydroxylation sites is 1. The Balaban J connectivity index is 1.91. The highest BCUT2D eigenvalue weighted by molar-refractivity contribution is 7.99. The summed E-state index contributed by atoms with van der Waals surface area (Å²) < 4.78 is 1.68. The molecular formula is C17H21N3O2S. The van der Waals surface area contributed by atoms with Crippen LogP contribution < -0.4 is 5.56 Å². The van der Waals surface area contributed by atoms with E-state index in [1.165, 1.54) is 11.8 Å². The number of hydrogen-bond donors (Lipinski definition) is 0. The molecule has 0 N–H and O–H groups in total. The highest BCUT2D eigenvalue weighted by Gasteiger charge is 2.20. The normalized spacial score (nSPS) is 14.8. The molecule has 2 aromatic rings. The molecule has 122 valence electrons. The minimum atomic E-state index is -0.0401. The molecule has 1 aliphatic heterocycles. The van der Waals surface area contributed by atoms with E-state index in [1.807, 2.05) is 36.9 Å². The maximum Gasteiger partial charge on any atom is 0.262 e. The van der Waals surface area contributed by atoms with Crippen molar-refractivity contribution >= 4 is 28.6 Å². The molecule has 0 atom stereocenters. The molecule has 23 heavy (non-hydrogen) atoms. The van der Waals surface area contributed by atoms with Gasteiger partial charge in [0, 0.05) is 19.1 Å². The summed E-state index contributed by atoms with van der Waals surface area (Å²) in [6.07, 6.45) is 2.17. The third kappa shape index (κ3) is 3.27. The number of rotatable bonds is 4. The molecule has 1 aliphatic rings. The van der Waals surface area contributed by atoms with E-state index in [9.17, 15) is 9.59 Å². The van der Waals surface area contributed by atoms with Crippen molar-refractivity contribution in [2.75, 3.05) is 18.8 Å². The van der Waals surface area contributed by atoms with Crippen molar-refractivity contribution in [3.8, 4) is 0 Å². The zero-order valence-electron chi connectivity index (χ0n) is 13.5. The lowest BCUT2D eigenvalue weighted by Gasteiger charge is -2.18. The average molecular weight is 331 g/mol. The van der Waals surface area contributed by atoms with Gasteiger partial charge in [-0.3, -0.25) is 14.2 Å². The van der Waals surface area contributed by atoms with Gasteiger partial charge in [-0.25, -0.2) is 4.98 Å². The molecule has 0 spiro atoms. The molecule has 0 bridgehead atoms. The number of benzene rings is 1. The van der Waals surface area contributed by atoms with Crippen LogP contribution in [0.5, 0.6) is 0 Å². The molecule has 1 saturated heterocycles. The maximum atomic E-state index is 12.7. The van der Waals surface area contributed by atoms with E-state index < -0.39 is 0 Å². The van der Waals surface area contributed by atoms with Gasteiger partial charge in [0.1, 0.15) is 0 Å². The number of nitrogens with zero attached hydrogens (tertiary/aromatic N) is 3. The second kappa shape index (κ2) is 6.74. The minimum absolute atomic E-state index is 0.00370. The molecule has 0 saturated carbocycles. The largest absolute Gasteiger partial charge is 0.342 e. The van der Waals surface area contributed by atoms with Crippen LogP contribution in [0.15, 0.2) is 34.2 Å². The van der Waals surface area contributed by atoms with E-state index in [0.29, 0.717) is 21.8 Å². The third-order valence-corrected chi connectivity index (χ3v) is 5.01. The molecule has 2 heterocycles. The molecule has 1 fully saturated rings. The molecule has 1 amide bonds. The number of carbonyl (C=O) groups excluding carboxylic acids is 1. The Bertz CT molecular complexity index is 779. The molecule has 1 aromatic heterocycles. The second-order valence-electron chi connectivity index (χ2n) is 6.06. The Kier molecular flexibility index (Phi) is 4.71. The third-order valence-electron chi connectivity index (χ3n) is 4.08. The van der Waals surface area contributed by atoms with E-state index in [1.54, 1.807) is 10.6 Å². The minimum Gasteiger partial charge on any atom is -0.342 e. The van der Waals surface area contributed by atoms with E-state index in [4.69, 9.17) is 0 Å². The van der Waals surface area contributed by atoms with Crippen molar-refractivity contribution in [2.45, 2.75) is 37.9 Å². The molecular weight excluding hydrogens is 310 g/mol. The predicted octanol–water partition coefficient (Wildman–Crippen LogP) is 2.69. The van der Waals surface area contributed by atoms with Gasteiger partial charge in [0.15, 0.2) is 5.16 Å². The van der Waals surface area contributed by atoms with Crippen molar-refractivity contribution in [1.29, 1.82) is 0 Å². The summed E-state index contributed by atoms with van der Waals surface area (Å²) in [4.78, 5) is 31.4. The fraction of sp³-hybridized carbons (Fsp3) is 0.471.